The molecule has 0 saturated heterocycles. The summed E-state index contributed by atoms with van der Waals surface area (Å²) in [6, 6.07) is 2.31. The number of aromatic nitrogens is 3. The molecule has 0 amide bonds. The first-order chi connectivity index (χ1) is 6.15. The van der Waals surface area contributed by atoms with Gasteiger partial charge in [-0.15, -0.1) is 5.10 Å². The normalized spacial score (nSPS) is 18.2. The van der Waals surface area contributed by atoms with Crippen LogP contribution in [0, 0.1) is 16.7 Å². The van der Waals surface area contributed by atoms with E-state index in [2.05, 4.69) is 48.0 Å². The van der Waals surface area contributed by atoms with Crippen LogP contribution in [0.15, 0.2) is 9.47 Å². The van der Waals surface area contributed by atoms with Crippen molar-refractivity contribution < 1.29 is 0 Å². The minimum atomic E-state index is -0.185. The molecule has 13 heavy (non-hydrogen) atoms. The fourth-order valence-electron chi connectivity index (χ4n) is 1.14. The Morgan fingerprint density at radius 3 is 2.62 bits per heavy atom. The molecule has 0 radical (unpaired) electrons. The third-order valence-electron chi connectivity index (χ3n) is 2.14. The molecule has 0 bridgehead atoms. The summed E-state index contributed by atoms with van der Waals surface area (Å²) in [7, 11) is 0. The van der Waals surface area contributed by atoms with Crippen LogP contribution in [-0.4, -0.2) is 14.8 Å². The van der Waals surface area contributed by atoms with Gasteiger partial charge in [0.05, 0.1) is 18.0 Å². The van der Waals surface area contributed by atoms with Gasteiger partial charge in [0, 0.05) is 0 Å². The Morgan fingerprint density at radius 2 is 2.23 bits per heavy atom. The van der Waals surface area contributed by atoms with Crippen molar-refractivity contribution in [2.75, 3.05) is 0 Å². The quantitative estimate of drug-likeness (QED) is 0.841. The third-order valence-corrected chi connectivity index (χ3v) is 3.07. The van der Waals surface area contributed by atoms with E-state index in [9.17, 15) is 0 Å². The Balaban J connectivity index is 2.19. The Labute approximate surface area is 92.2 Å². The molecule has 0 atom stereocenters. The summed E-state index contributed by atoms with van der Waals surface area (Å²) in [4.78, 5) is 4.03. The van der Waals surface area contributed by atoms with Crippen LogP contribution in [0.4, 0.5) is 0 Å². The predicted octanol–water partition coefficient (Wildman–Crippen LogP) is 2.11. The van der Waals surface area contributed by atoms with Gasteiger partial charge in [0.2, 0.25) is 4.73 Å². The second-order valence-corrected chi connectivity index (χ2v) is 4.62. The first kappa shape index (κ1) is 9.16. The summed E-state index contributed by atoms with van der Waals surface area (Å²) in [6.45, 7) is 0.628. The molecule has 1 heterocycles. The average molecular weight is 306 g/mol. The summed E-state index contributed by atoms with van der Waals surface area (Å²) < 4.78 is 2.93. The maximum Gasteiger partial charge on any atom is 0.218 e. The zero-order valence-electron chi connectivity index (χ0n) is 6.67. The van der Waals surface area contributed by atoms with E-state index in [1.54, 1.807) is 4.68 Å². The van der Waals surface area contributed by atoms with Crippen LogP contribution >= 0.6 is 31.9 Å². The molecule has 68 valence electrons. The molecule has 1 aliphatic rings. The van der Waals surface area contributed by atoms with Crippen molar-refractivity contribution in [1.82, 2.24) is 14.8 Å². The lowest BCUT2D eigenvalue weighted by Gasteiger charge is -2.04. The molecule has 1 aromatic heterocycles. The number of rotatable bonds is 2. The summed E-state index contributed by atoms with van der Waals surface area (Å²) >= 11 is 6.45. The SMILES string of the molecule is N#CC1(Cn2nc(Br)nc2Br)CC1. The molecular formula is C7H6Br2N4. The Morgan fingerprint density at radius 1 is 1.54 bits per heavy atom. The lowest BCUT2D eigenvalue weighted by Crippen LogP contribution is -2.11. The number of nitrogens with zero attached hydrogens (tertiary/aromatic N) is 4. The van der Waals surface area contributed by atoms with Gasteiger partial charge in [-0.25, -0.2) is 4.68 Å². The molecule has 0 aliphatic heterocycles. The summed E-state index contributed by atoms with van der Waals surface area (Å²) in [6.07, 6.45) is 1.93. The topological polar surface area (TPSA) is 54.5 Å². The van der Waals surface area contributed by atoms with Crippen LogP contribution in [0.2, 0.25) is 0 Å². The second kappa shape index (κ2) is 3.07. The Hall–Kier alpha value is -0.410. The van der Waals surface area contributed by atoms with Crippen LogP contribution in [0.1, 0.15) is 12.8 Å². The van der Waals surface area contributed by atoms with Gasteiger partial charge >= 0.3 is 0 Å². The monoisotopic (exact) mass is 304 g/mol. The number of halogens is 2. The fourth-order valence-corrected chi connectivity index (χ4v) is 2.11. The average Bonchev–Trinajstić information content (AvgIpc) is 2.77. The molecule has 1 aliphatic carbocycles. The van der Waals surface area contributed by atoms with E-state index >= 15 is 0 Å². The smallest absolute Gasteiger partial charge is 0.218 e. The maximum atomic E-state index is 8.88. The van der Waals surface area contributed by atoms with E-state index < -0.39 is 0 Å². The van der Waals surface area contributed by atoms with Gasteiger partial charge in [-0.05, 0) is 44.7 Å². The van der Waals surface area contributed by atoms with E-state index in [-0.39, 0.29) is 5.41 Å². The van der Waals surface area contributed by atoms with Gasteiger partial charge in [0.1, 0.15) is 0 Å². The number of hydrogen-bond acceptors (Lipinski definition) is 3. The molecule has 0 aromatic carbocycles. The van der Waals surface area contributed by atoms with Crippen molar-refractivity contribution in [3.05, 3.63) is 9.47 Å². The van der Waals surface area contributed by atoms with Crippen LogP contribution < -0.4 is 0 Å². The van der Waals surface area contributed by atoms with Gasteiger partial charge in [0.15, 0.2) is 4.73 Å². The first-order valence-corrected chi connectivity index (χ1v) is 5.41. The van der Waals surface area contributed by atoms with E-state index in [0.29, 0.717) is 16.0 Å². The third kappa shape index (κ3) is 1.76. The van der Waals surface area contributed by atoms with Crippen molar-refractivity contribution in [2.24, 2.45) is 5.41 Å². The highest BCUT2D eigenvalue weighted by Crippen LogP contribution is 2.46. The molecule has 1 saturated carbocycles. The zero-order chi connectivity index (χ0) is 9.47. The van der Waals surface area contributed by atoms with E-state index in [4.69, 9.17) is 5.26 Å². The minimum absolute atomic E-state index is 0.185. The summed E-state index contributed by atoms with van der Waals surface area (Å²) in [5, 5.41) is 13.0. The summed E-state index contributed by atoms with van der Waals surface area (Å²) in [5.74, 6) is 0. The van der Waals surface area contributed by atoms with E-state index in [1.165, 1.54) is 0 Å². The fraction of sp³-hybridized carbons (Fsp3) is 0.571. The van der Waals surface area contributed by atoms with Crippen molar-refractivity contribution in [2.45, 2.75) is 19.4 Å². The molecule has 2 rings (SSSR count). The molecular weight excluding hydrogens is 300 g/mol. The molecule has 6 heteroatoms. The van der Waals surface area contributed by atoms with Crippen LogP contribution in [0.3, 0.4) is 0 Å². The van der Waals surface area contributed by atoms with Crippen molar-refractivity contribution in [3.8, 4) is 6.07 Å². The Bertz CT molecular complexity index is 374. The van der Waals surface area contributed by atoms with Crippen LogP contribution in [0.25, 0.3) is 0 Å². The van der Waals surface area contributed by atoms with Crippen molar-refractivity contribution in [1.29, 1.82) is 5.26 Å². The number of nitriles is 1. The van der Waals surface area contributed by atoms with Gasteiger partial charge in [-0.1, -0.05) is 0 Å². The first-order valence-electron chi connectivity index (χ1n) is 3.82. The van der Waals surface area contributed by atoms with Crippen molar-refractivity contribution >= 4 is 31.9 Å². The van der Waals surface area contributed by atoms with Gasteiger partial charge < -0.3 is 0 Å². The van der Waals surface area contributed by atoms with E-state index in [1.807, 2.05) is 0 Å². The highest BCUT2D eigenvalue weighted by molar-refractivity contribution is 9.11. The molecule has 1 aromatic rings. The Kier molecular flexibility index (Phi) is 2.16. The summed E-state index contributed by atoms with van der Waals surface area (Å²) in [5.41, 5.74) is -0.185. The molecule has 0 spiro atoms. The lowest BCUT2D eigenvalue weighted by molar-refractivity contribution is 0.475. The highest BCUT2D eigenvalue weighted by atomic mass is 79.9. The largest absolute Gasteiger partial charge is 0.238 e. The van der Waals surface area contributed by atoms with Gasteiger partial charge in [0.25, 0.3) is 0 Å². The van der Waals surface area contributed by atoms with Crippen molar-refractivity contribution in [3.63, 3.8) is 0 Å². The molecule has 0 unspecified atom stereocenters. The standard InChI is InChI=1S/C7H6Br2N4/c8-5-11-6(9)13(12-5)4-7(3-10)1-2-7/h1-2,4H2. The maximum absolute atomic E-state index is 8.88. The predicted molar refractivity (Wildman–Crippen MR) is 52.7 cm³/mol. The molecule has 0 N–H and O–H groups in total. The van der Waals surface area contributed by atoms with Crippen LogP contribution in [0.5, 0.6) is 0 Å². The molecule has 1 fully saturated rings. The number of hydrogen-bond donors (Lipinski definition) is 0. The van der Waals surface area contributed by atoms with Gasteiger partial charge in [-0.3, -0.25) is 0 Å². The second-order valence-electron chi connectivity index (χ2n) is 3.20. The highest BCUT2D eigenvalue weighted by Gasteiger charge is 2.44. The van der Waals surface area contributed by atoms with Crippen LogP contribution in [-0.2, 0) is 6.54 Å². The van der Waals surface area contributed by atoms with E-state index in [0.717, 1.165) is 12.8 Å². The zero-order valence-corrected chi connectivity index (χ0v) is 9.84. The molecule has 4 nitrogen and oxygen atoms in total. The minimum Gasteiger partial charge on any atom is -0.238 e. The lowest BCUT2D eigenvalue weighted by atomic mass is 10.1. The van der Waals surface area contributed by atoms with Gasteiger partial charge in [-0.2, -0.15) is 10.2 Å².